The molecule has 0 N–H and O–H groups in total. The SMILES string of the molecule is O=C(c1ccn(COc2ccc(F)cc2F)n1)N1CCN(Cc2c(Cl)cccc2Cl)CC1. The fourth-order valence-corrected chi connectivity index (χ4v) is 3.97. The molecule has 1 aliphatic rings. The molecule has 168 valence electrons. The highest BCUT2D eigenvalue weighted by atomic mass is 35.5. The number of hydrogen-bond acceptors (Lipinski definition) is 4. The Balaban J connectivity index is 1.30. The van der Waals surface area contributed by atoms with Gasteiger partial charge in [0.2, 0.25) is 0 Å². The summed E-state index contributed by atoms with van der Waals surface area (Å²) in [6.07, 6.45) is 1.57. The maximum Gasteiger partial charge on any atom is 0.274 e. The van der Waals surface area contributed by atoms with Crippen molar-refractivity contribution in [1.82, 2.24) is 19.6 Å². The summed E-state index contributed by atoms with van der Waals surface area (Å²) in [5.41, 5.74) is 1.16. The van der Waals surface area contributed by atoms with Gasteiger partial charge >= 0.3 is 0 Å². The van der Waals surface area contributed by atoms with Crippen molar-refractivity contribution in [2.75, 3.05) is 26.2 Å². The van der Waals surface area contributed by atoms with Crippen LogP contribution in [-0.2, 0) is 13.3 Å². The van der Waals surface area contributed by atoms with Crippen molar-refractivity contribution in [3.05, 3.63) is 81.6 Å². The Morgan fingerprint density at radius 1 is 1.03 bits per heavy atom. The van der Waals surface area contributed by atoms with E-state index < -0.39 is 11.6 Å². The molecule has 6 nitrogen and oxygen atoms in total. The maximum absolute atomic E-state index is 13.7. The summed E-state index contributed by atoms with van der Waals surface area (Å²) in [6, 6.07) is 10.1. The molecule has 2 heterocycles. The molecule has 0 saturated carbocycles. The minimum absolute atomic E-state index is 0.0930. The van der Waals surface area contributed by atoms with Crippen LogP contribution in [0.3, 0.4) is 0 Å². The van der Waals surface area contributed by atoms with Crippen LogP contribution in [0.5, 0.6) is 5.75 Å². The number of amides is 1. The number of halogens is 4. The number of carbonyl (C=O) groups excluding carboxylic acids is 1. The molecule has 3 aromatic rings. The molecule has 1 aromatic heterocycles. The second-order valence-corrected chi connectivity index (χ2v) is 8.17. The molecule has 0 bridgehead atoms. The minimum atomic E-state index is -0.801. The highest BCUT2D eigenvalue weighted by Gasteiger charge is 2.24. The lowest BCUT2D eigenvalue weighted by atomic mass is 10.2. The molecule has 4 rings (SSSR count). The number of nitrogens with zero attached hydrogens (tertiary/aromatic N) is 4. The number of piperazine rings is 1. The van der Waals surface area contributed by atoms with E-state index >= 15 is 0 Å². The Labute approximate surface area is 193 Å². The van der Waals surface area contributed by atoms with Gasteiger partial charge in [-0.15, -0.1) is 0 Å². The van der Waals surface area contributed by atoms with E-state index in [9.17, 15) is 13.6 Å². The fourth-order valence-electron chi connectivity index (χ4n) is 3.45. The van der Waals surface area contributed by atoms with Crippen LogP contribution in [0.15, 0.2) is 48.7 Å². The quantitative estimate of drug-likeness (QED) is 0.522. The fraction of sp³-hybridized carbons (Fsp3) is 0.273. The van der Waals surface area contributed by atoms with E-state index in [1.807, 2.05) is 18.2 Å². The topological polar surface area (TPSA) is 50.6 Å². The van der Waals surface area contributed by atoms with Gasteiger partial charge in [-0.2, -0.15) is 5.10 Å². The van der Waals surface area contributed by atoms with Gasteiger partial charge in [0.05, 0.1) is 0 Å². The largest absolute Gasteiger partial charge is 0.468 e. The van der Waals surface area contributed by atoms with Crippen molar-refractivity contribution in [3.63, 3.8) is 0 Å². The van der Waals surface area contributed by atoms with Crippen LogP contribution < -0.4 is 4.74 Å². The second kappa shape index (κ2) is 9.85. The zero-order valence-electron chi connectivity index (χ0n) is 17.0. The van der Waals surface area contributed by atoms with E-state index in [4.69, 9.17) is 27.9 Å². The first-order valence-corrected chi connectivity index (χ1v) is 10.7. The first kappa shape index (κ1) is 22.5. The average Bonchev–Trinajstić information content (AvgIpc) is 3.25. The average molecular weight is 481 g/mol. The van der Waals surface area contributed by atoms with E-state index in [2.05, 4.69) is 10.00 Å². The van der Waals surface area contributed by atoms with Gasteiger partial charge in [0.25, 0.3) is 5.91 Å². The minimum Gasteiger partial charge on any atom is -0.468 e. The molecule has 0 unspecified atom stereocenters. The van der Waals surface area contributed by atoms with Gasteiger partial charge in [-0.1, -0.05) is 29.3 Å². The molecular weight excluding hydrogens is 461 g/mol. The van der Waals surface area contributed by atoms with Crippen LogP contribution in [0.4, 0.5) is 8.78 Å². The van der Waals surface area contributed by atoms with Crippen molar-refractivity contribution < 1.29 is 18.3 Å². The highest BCUT2D eigenvalue weighted by molar-refractivity contribution is 6.35. The molecular formula is C22H20Cl2F2N4O2. The molecule has 0 spiro atoms. The van der Waals surface area contributed by atoms with Crippen LogP contribution in [-0.4, -0.2) is 51.7 Å². The van der Waals surface area contributed by atoms with Crippen LogP contribution in [0.25, 0.3) is 0 Å². The standard InChI is InChI=1S/C22H20Cl2F2N4O2/c23-17-2-1-3-18(24)16(17)13-28-8-10-29(11-9-28)22(31)20-6-7-30(27-20)14-32-21-5-4-15(25)12-19(21)26/h1-7,12H,8-11,13-14H2. The summed E-state index contributed by atoms with van der Waals surface area (Å²) >= 11 is 12.5. The molecule has 32 heavy (non-hydrogen) atoms. The number of benzene rings is 2. The molecule has 10 heteroatoms. The summed E-state index contributed by atoms with van der Waals surface area (Å²) in [4.78, 5) is 16.7. The molecule has 0 radical (unpaired) electrons. The van der Waals surface area contributed by atoms with Crippen LogP contribution in [0, 0.1) is 11.6 Å². The van der Waals surface area contributed by atoms with Gasteiger partial charge in [0.15, 0.2) is 24.0 Å². The number of ether oxygens (including phenoxy) is 1. The van der Waals surface area contributed by atoms with Gasteiger partial charge in [-0.05, 0) is 30.3 Å². The zero-order chi connectivity index (χ0) is 22.7. The van der Waals surface area contributed by atoms with Crippen molar-refractivity contribution in [2.45, 2.75) is 13.3 Å². The van der Waals surface area contributed by atoms with Gasteiger partial charge in [-0.3, -0.25) is 9.69 Å². The summed E-state index contributed by atoms with van der Waals surface area (Å²) in [5, 5.41) is 5.47. The van der Waals surface area contributed by atoms with Crippen LogP contribution in [0.1, 0.15) is 16.1 Å². The number of hydrogen-bond donors (Lipinski definition) is 0. The van der Waals surface area contributed by atoms with Crippen LogP contribution in [0.2, 0.25) is 10.0 Å². The first-order valence-electron chi connectivity index (χ1n) is 9.96. The van der Waals surface area contributed by atoms with E-state index in [0.717, 1.165) is 17.7 Å². The van der Waals surface area contributed by atoms with Crippen LogP contribution >= 0.6 is 23.2 Å². The van der Waals surface area contributed by atoms with Gasteiger partial charge in [0.1, 0.15) is 5.82 Å². The Kier molecular flexibility index (Phi) is 6.93. The second-order valence-electron chi connectivity index (χ2n) is 7.36. The predicted molar refractivity (Wildman–Crippen MR) is 117 cm³/mol. The van der Waals surface area contributed by atoms with Crippen molar-refractivity contribution in [2.24, 2.45) is 0 Å². The molecule has 0 aliphatic carbocycles. The lowest BCUT2D eigenvalue weighted by Gasteiger charge is -2.34. The van der Waals surface area contributed by atoms with Gasteiger partial charge in [0, 0.05) is 60.6 Å². The highest BCUT2D eigenvalue weighted by Crippen LogP contribution is 2.26. The third kappa shape index (κ3) is 5.20. The Morgan fingerprint density at radius 3 is 2.44 bits per heavy atom. The molecule has 2 aromatic carbocycles. The van der Waals surface area contributed by atoms with Gasteiger partial charge in [-0.25, -0.2) is 13.5 Å². The van der Waals surface area contributed by atoms with E-state index in [0.29, 0.717) is 42.8 Å². The molecule has 0 atom stereocenters. The smallest absolute Gasteiger partial charge is 0.274 e. The molecule has 1 saturated heterocycles. The Morgan fingerprint density at radius 2 is 1.75 bits per heavy atom. The number of rotatable bonds is 6. The van der Waals surface area contributed by atoms with Crippen molar-refractivity contribution >= 4 is 29.1 Å². The molecule has 1 fully saturated rings. The predicted octanol–water partition coefficient (Wildman–Crippen LogP) is 4.46. The number of aromatic nitrogens is 2. The monoisotopic (exact) mass is 480 g/mol. The summed E-state index contributed by atoms with van der Waals surface area (Å²) in [5.74, 6) is -1.77. The maximum atomic E-state index is 13.7. The molecule has 1 aliphatic heterocycles. The van der Waals surface area contributed by atoms with Crippen molar-refractivity contribution in [1.29, 1.82) is 0 Å². The Bertz CT molecular complexity index is 1100. The van der Waals surface area contributed by atoms with E-state index in [-0.39, 0.29) is 24.1 Å². The first-order chi connectivity index (χ1) is 15.4. The third-order valence-electron chi connectivity index (χ3n) is 5.21. The summed E-state index contributed by atoms with van der Waals surface area (Å²) < 4.78 is 33.3. The van der Waals surface area contributed by atoms with E-state index in [1.54, 1.807) is 17.2 Å². The normalized spacial score (nSPS) is 14.6. The van der Waals surface area contributed by atoms with Crippen molar-refractivity contribution in [3.8, 4) is 5.75 Å². The number of carbonyl (C=O) groups is 1. The summed E-state index contributed by atoms with van der Waals surface area (Å²) in [6.45, 7) is 2.96. The third-order valence-corrected chi connectivity index (χ3v) is 5.92. The lowest BCUT2D eigenvalue weighted by Crippen LogP contribution is -2.48. The lowest BCUT2D eigenvalue weighted by molar-refractivity contribution is 0.0620. The zero-order valence-corrected chi connectivity index (χ0v) is 18.5. The summed E-state index contributed by atoms with van der Waals surface area (Å²) in [7, 11) is 0. The Hall–Kier alpha value is -2.68. The van der Waals surface area contributed by atoms with E-state index in [1.165, 1.54) is 10.7 Å². The van der Waals surface area contributed by atoms with Gasteiger partial charge < -0.3 is 9.64 Å². The molecule has 1 amide bonds.